The lowest BCUT2D eigenvalue weighted by Gasteiger charge is -2.06. The highest BCUT2D eigenvalue weighted by Crippen LogP contribution is 2.19. The van der Waals surface area contributed by atoms with E-state index in [1.165, 1.54) is 29.6 Å². The molecule has 0 atom stereocenters. The molecule has 0 spiro atoms. The van der Waals surface area contributed by atoms with Crippen LogP contribution in [0.4, 0.5) is 0 Å². The smallest absolute Gasteiger partial charge is 0.332 e. The number of nitrogens with zero attached hydrogens (tertiary/aromatic N) is 4. The van der Waals surface area contributed by atoms with Crippen molar-refractivity contribution in [2.45, 2.75) is 6.54 Å². The van der Waals surface area contributed by atoms with Crippen LogP contribution in [-0.4, -0.2) is 37.0 Å². The van der Waals surface area contributed by atoms with Crippen molar-refractivity contribution >= 4 is 33.9 Å². The number of hydrogen-bond donors (Lipinski definition) is 0. The van der Waals surface area contributed by atoms with Gasteiger partial charge in [-0.15, -0.1) is 0 Å². The summed E-state index contributed by atoms with van der Waals surface area (Å²) in [5.41, 5.74) is -0.286. The fourth-order valence-corrected chi connectivity index (χ4v) is 3.04. The van der Waals surface area contributed by atoms with Gasteiger partial charge in [-0.05, 0) is 12.1 Å². The van der Waals surface area contributed by atoms with Gasteiger partial charge in [0.25, 0.3) is 5.56 Å². The van der Waals surface area contributed by atoms with Crippen LogP contribution in [0.2, 0.25) is 0 Å². The van der Waals surface area contributed by atoms with Crippen LogP contribution in [0.25, 0.3) is 22.1 Å². The maximum atomic E-state index is 12.4. The first kappa shape index (κ1) is 18.4. The van der Waals surface area contributed by atoms with E-state index < -0.39 is 29.6 Å². The number of ether oxygens (including phenoxy) is 1. The van der Waals surface area contributed by atoms with Crippen molar-refractivity contribution in [1.29, 1.82) is 0 Å². The Hall–Kier alpha value is -3.95. The van der Waals surface area contributed by atoms with Crippen LogP contribution in [0.5, 0.6) is 0 Å². The van der Waals surface area contributed by atoms with E-state index in [-0.39, 0.29) is 23.5 Å². The molecule has 0 aliphatic carbocycles. The first-order valence-corrected chi connectivity index (χ1v) is 8.65. The Morgan fingerprint density at radius 1 is 1.14 bits per heavy atom. The number of rotatable bonds is 5. The topological polar surface area (TPSA) is 118 Å². The molecule has 29 heavy (non-hydrogen) atoms. The summed E-state index contributed by atoms with van der Waals surface area (Å²) in [6.45, 7) is -0.834. The lowest BCUT2D eigenvalue weighted by atomic mass is 10.2. The predicted octanol–water partition coefficient (Wildman–Crippen LogP) is 0.606. The molecule has 3 heterocycles. The van der Waals surface area contributed by atoms with Gasteiger partial charge in [0.2, 0.25) is 5.78 Å². The second-order valence-corrected chi connectivity index (χ2v) is 6.48. The second kappa shape index (κ2) is 6.89. The zero-order chi connectivity index (χ0) is 20.7. The number of aromatic nitrogens is 4. The summed E-state index contributed by atoms with van der Waals surface area (Å²) in [7, 11) is 2.82. The Kier molecular flexibility index (Phi) is 4.38. The first-order valence-electron chi connectivity index (χ1n) is 8.65. The minimum atomic E-state index is -0.732. The third kappa shape index (κ3) is 3.14. The summed E-state index contributed by atoms with van der Waals surface area (Å²) in [4.78, 5) is 52.8. The molecule has 0 N–H and O–H groups in total. The van der Waals surface area contributed by atoms with Gasteiger partial charge in [0.1, 0.15) is 12.1 Å². The standard InChI is InChI=1S/C19H16N4O6/c1-21-17-16(18(26)22(2)19(21)27)23(10-20-17)8-15(25)28-9-12(24)14-7-11-5-3-4-6-13(11)29-14/h3-7,10H,8-9H2,1-2H3. The molecule has 4 aromatic rings. The highest BCUT2D eigenvalue weighted by Gasteiger charge is 2.18. The van der Waals surface area contributed by atoms with Gasteiger partial charge in [-0.3, -0.25) is 23.5 Å². The number of benzene rings is 1. The van der Waals surface area contributed by atoms with Crippen molar-refractivity contribution in [3.8, 4) is 0 Å². The average molecular weight is 396 g/mol. The molecular formula is C19H16N4O6. The van der Waals surface area contributed by atoms with E-state index in [0.29, 0.717) is 5.58 Å². The Morgan fingerprint density at radius 3 is 2.66 bits per heavy atom. The van der Waals surface area contributed by atoms with Crippen LogP contribution in [0.1, 0.15) is 10.6 Å². The number of furan rings is 1. The predicted molar refractivity (Wildman–Crippen MR) is 102 cm³/mol. The molecule has 148 valence electrons. The second-order valence-electron chi connectivity index (χ2n) is 6.48. The first-order chi connectivity index (χ1) is 13.9. The fourth-order valence-electron chi connectivity index (χ4n) is 3.04. The maximum absolute atomic E-state index is 12.4. The third-order valence-electron chi connectivity index (χ3n) is 4.58. The summed E-state index contributed by atoms with van der Waals surface area (Å²) in [5.74, 6) is -1.12. The molecule has 1 aromatic carbocycles. The van der Waals surface area contributed by atoms with Crippen molar-refractivity contribution in [2.75, 3.05) is 6.61 Å². The van der Waals surface area contributed by atoms with Crippen LogP contribution in [0.3, 0.4) is 0 Å². The van der Waals surface area contributed by atoms with E-state index in [4.69, 9.17) is 9.15 Å². The van der Waals surface area contributed by atoms with Gasteiger partial charge < -0.3 is 13.7 Å². The van der Waals surface area contributed by atoms with Gasteiger partial charge in [-0.25, -0.2) is 9.78 Å². The molecule has 0 radical (unpaired) electrons. The largest absolute Gasteiger partial charge is 0.456 e. The summed E-state index contributed by atoms with van der Waals surface area (Å²) in [5, 5.41) is 0.772. The van der Waals surface area contributed by atoms with E-state index in [0.717, 1.165) is 9.95 Å². The number of aryl methyl sites for hydroxylation is 1. The van der Waals surface area contributed by atoms with Gasteiger partial charge in [0.05, 0.1) is 6.33 Å². The molecule has 0 bridgehead atoms. The number of carbonyl (C=O) groups excluding carboxylic acids is 2. The van der Waals surface area contributed by atoms with E-state index in [1.807, 2.05) is 6.07 Å². The minimum absolute atomic E-state index is 0.0927. The molecule has 0 unspecified atom stereocenters. The number of esters is 1. The summed E-state index contributed by atoms with van der Waals surface area (Å²) in [6.07, 6.45) is 1.27. The lowest BCUT2D eigenvalue weighted by Crippen LogP contribution is -2.37. The van der Waals surface area contributed by atoms with E-state index >= 15 is 0 Å². The van der Waals surface area contributed by atoms with E-state index in [2.05, 4.69) is 4.98 Å². The SMILES string of the molecule is Cn1c(=O)c2c(ncn2CC(=O)OCC(=O)c2cc3ccccc3o2)n(C)c1=O. The zero-order valence-electron chi connectivity index (χ0n) is 15.6. The molecule has 0 aliphatic heterocycles. The van der Waals surface area contributed by atoms with Gasteiger partial charge >= 0.3 is 11.7 Å². The summed E-state index contributed by atoms with van der Waals surface area (Å²) < 4.78 is 13.9. The Bertz CT molecular complexity index is 1350. The Labute approximate surface area is 162 Å². The van der Waals surface area contributed by atoms with Crippen LogP contribution in [0.15, 0.2) is 50.7 Å². The van der Waals surface area contributed by atoms with Crippen molar-refractivity contribution in [1.82, 2.24) is 18.7 Å². The molecule has 0 saturated carbocycles. The van der Waals surface area contributed by atoms with E-state index in [9.17, 15) is 19.2 Å². The van der Waals surface area contributed by atoms with Crippen molar-refractivity contribution in [3.05, 3.63) is 63.3 Å². The monoisotopic (exact) mass is 396 g/mol. The number of Topliss-reactive ketones (excluding diaryl/α,β-unsaturated/α-hetero) is 1. The number of carbonyl (C=O) groups is 2. The molecule has 4 rings (SSSR count). The molecule has 0 amide bonds. The van der Waals surface area contributed by atoms with Crippen molar-refractivity contribution in [3.63, 3.8) is 0 Å². The molecule has 0 fully saturated rings. The number of imidazole rings is 1. The van der Waals surface area contributed by atoms with Crippen molar-refractivity contribution < 1.29 is 18.7 Å². The van der Waals surface area contributed by atoms with Gasteiger partial charge in [-0.1, -0.05) is 18.2 Å². The molecular weight excluding hydrogens is 380 g/mol. The quantitative estimate of drug-likeness (QED) is 0.358. The van der Waals surface area contributed by atoms with Crippen LogP contribution >= 0.6 is 0 Å². The summed E-state index contributed by atoms with van der Waals surface area (Å²) in [6, 6.07) is 8.73. The highest BCUT2D eigenvalue weighted by molar-refractivity contribution is 5.99. The lowest BCUT2D eigenvalue weighted by molar-refractivity contribution is -0.143. The number of para-hydroxylation sites is 1. The minimum Gasteiger partial charge on any atom is -0.456 e. The van der Waals surface area contributed by atoms with Gasteiger partial charge in [0, 0.05) is 19.5 Å². The normalized spacial score (nSPS) is 11.2. The van der Waals surface area contributed by atoms with Gasteiger partial charge in [-0.2, -0.15) is 0 Å². The van der Waals surface area contributed by atoms with Crippen LogP contribution in [-0.2, 0) is 30.2 Å². The Balaban J connectivity index is 1.49. The molecule has 0 saturated heterocycles. The molecule has 10 nitrogen and oxygen atoms in total. The average Bonchev–Trinajstić information content (AvgIpc) is 3.33. The van der Waals surface area contributed by atoms with Crippen LogP contribution < -0.4 is 11.2 Å². The van der Waals surface area contributed by atoms with Crippen LogP contribution in [0, 0.1) is 0 Å². The highest BCUT2D eigenvalue weighted by atomic mass is 16.5. The number of fused-ring (bicyclic) bond motifs is 2. The Morgan fingerprint density at radius 2 is 1.90 bits per heavy atom. The molecule has 10 heteroatoms. The number of ketones is 1. The van der Waals surface area contributed by atoms with Crippen molar-refractivity contribution in [2.24, 2.45) is 14.1 Å². The number of hydrogen-bond acceptors (Lipinski definition) is 7. The van der Waals surface area contributed by atoms with Gasteiger partial charge in [0.15, 0.2) is 23.5 Å². The molecule has 3 aromatic heterocycles. The summed E-state index contributed by atoms with van der Waals surface area (Å²) >= 11 is 0. The zero-order valence-corrected chi connectivity index (χ0v) is 15.6. The van der Waals surface area contributed by atoms with E-state index in [1.54, 1.807) is 24.3 Å². The fraction of sp³-hybridized carbons (Fsp3) is 0.211. The maximum Gasteiger partial charge on any atom is 0.332 e. The molecule has 0 aliphatic rings. The third-order valence-corrected chi connectivity index (χ3v) is 4.58.